The first kappa shape index (κ1) is 21.2. The maximum absolute atomic E-state index is 9.45. The lowest BCUT2D eigenvalue weighted by Gasteiger charge is -2.11. The molecule has 1 aromatic heterocycles. The van der Waals surface area contributed by atoms with Crippen molar-refractivity contribution in [2.45, 2.75) is 13.5 Å². The molecule has 0 atom stereocenters. The number of anilines is 1. The van der Waals surface area contributed by atoms with Crippen LogP contribution in [0.3, 0.4) is 0 Å². The average molecular weight is 444 g/mol. The maximum Gasteiger partial charge on any atom is 0.174 e. The number of halogens is 1. The van der Waals surface area contributed by atoms with Crippen LogP contribution in [0.1, 0.15) is 22.4 Å². The Kier molecular flexibility index (Phi) is 7.76. The third kappa shape index (κ3) is 5.19. The van der Waals surface area contributed by atoms with Crippen molar-refractivity contribution in [1.82, 2.24) is 4.98 Å². The second kappa shape index (κ2) is 10.3. The molecule has 1 N–H and O–H groups in total. The van der Waals surface area contributed by atoms with Crippen molar-refractivity contribution >= 4 is 28.0 Å². The van der Waals surface area contributed by atoms with Crippen molar-refractivity contribution in [1.29, 1.82) is 10.5 Å². The Bertz CT molecular complexity index is 964. The predicted molar refractivity (Wildman–Crippen MR) is 107 cm³/mol. The number of rotatable bonds is 8. The van der Waals surface area contributed by atoms with E-state index in [1.165, 1.54) is 7.11 Å². The molecule has 2 rings (SSSR count). The van der Waals surface area contributed by atoms with Crippen molar-refractivity contribution < 1.29 is 14.2 Å². The van der Waals surface area contributed by atoms with E-state index in [0.717, 1.165) is 11.3 Å². The predicted octanol–water partition coefficient (Wildman–Crippen LogP) is 3.53. The largest absolute Gasteiger partial charge is 0.493 e. The molecule has 9 heteroatoms. The molecule has 0 amide bonds. The van der Waals surface area contributed by atoms with Gasteiger partial charge in [-0.15, -0.1) is 0 Å². The number of pyridine rings is 1. The van der Waals surface area contributed by atoms with Crippen LogP contribution in [0.5, 0.6) is 11.5 Å². The molecule has 0 aliphatic carbocycles. The lowest BCUT2D eigenvalue weighted by Crippen LogP contribution is -2.04. The van der Waals surface area contributed by atoms with Crippen LogP contribution < -0.4 is 14.9 Å². The molecule has 1 heterocycles. The van der Waals surface area contributed by atoms with Crippen molar-refractivity contribution in [3.05, 3.63) is 45.1 Å². The second-order valence-corrected chi connectivity index (χ2v) is 6.39. The standard InChI is InChI=1S/C19H18BrN5O3/c1-12-6-14(11-26-2)15(9-22)19(24-12)25-23-10-13-7-17(27-3)18(8-16(13)20)28-5-4-21/h6-8,10H,5,11H2,1-3H3,(H,24,25)/b23-10+. The number of ether oxygens (including phenoxy) is 3. The highest BCUT2D eigenvalue weighted by atomic mass is 79.9. The van der Waals surface area contributed by atoms with Crippen molar-refractivity contribution in [3.63, 3.8) is 0 Å². The summed E-state index contributed by atoms with van der Waals surface area (Å²) in [6.45, 7) is 2.05. The minimum atomic E-state index is -0.0858. The number of aromatic nitrogens is 1. The average Bonchev–Trinajstić information content (AvgIpc) is 2.67. The van der Waals surface area contributed by atoms with E-state index >= 15 is 0 Å². The number of nitriles is 2. The molecular weight excluding hydrogens is 426 g/mol. The molecule has 0 saturated heterocycles. The first-order valence-corrected chi connectivity index (χ1v) is 8.89. The smallest absolute Gasteiger partial charge is 0.174 e. The lowest BCUT2D eigenvalue weighted by molar-refractivity contribution is 0.184. The van der Waals surface area contributed by atoms with Gasteiger partial charge in [-0.2, -0.15) is 15.6 Å². The Morgan fingerprint density at radius 2 is 2.04 bits per heavy atom. The van der Waals surface area contributed by atoms with Crippen LogP contribution in [-0.4, -0.2) is 32.0 Å². The summed E-state index contributed by atoms with van der Waals surface area (Å²) in [7, 11) is 3.08. The van der Waals surface area contributed by atoms with Gasteiger partial charge in [0.15, 0.2) is 23.9 Å². The zero-order valence-corrected chi connectivity index (χ0v) is 17.2. The summed E-state index contributed by atoms with van der Waals surface area (Å²) in [5, 5.41) is 22.3. The highest BCUT2D eigenvalue weighted by Gasteiger charge is 2.12. The fourth-order valence-electron chi connectivity index (χ4n) is 2.41. The fourth-order valence-corrected chi connectivity index (χ4v) is 2.84. The van der Waals surface area contributed by atoms with Crippen LogP contribution in [0.25, 0.3) is 0 Å². The van der Waals surface area contributed by atoms with Crippen LogP contribution in [0.2, 0.25) is 0 Å². The minimum Gasteiger partial charge on any atom is -0.493 e. The summed E-state index contributed by atoms with van der Waals surface area (Å²) >= 11 is 3.44. The Morgan fingerprint density at radius 1 is 1.25 bits per heavy atom. The number of nitrogens with one attached hydrogen (secondary N) is 1. The van der Waals surface area contributed by atoms with Gasteiger partial charge in [0.2, 0.25) is 0 Å². The van der Waals surface area contributed by atoms with E-state index in [9.17, 15) is 5.26 Å². The molecule has 1 aromatic carbocycles. The van der Waals surface area contributed by atoms with E-state index in [1.54, 1.807) is 31.5 Å². The molecular formula is C19H18BrN5O3. The van der Waals surface area contributed by atoms with Gasteiger partial charge in [0.05, 0.1) is 19.9 Å². The van der Waals surface area contributed by atoms with Gasteiger partial charge in [0.1, 0.15) is 17.7 Å². The highest BCUT2D eigenvalue weighted by Crippen LogP contribution is 2.33. The van der Waals surface area contributed by atoms with E-state index in [-0.39, 0.29) is 6.61 Å². The molecule has 0 unspecified atom stereocenters. The Morgan fingerprint density at radius 3 is 2.68 bits per heavy atom. The van der Waals surface area contributed by atoms with Crippen molar-refractivity contribution in [2.75, 3.05) is 26.3 Å². The molecule has 0 aliphatic heterocycles. The van der Waals surface area contributed by atoms with Crippen LogP contribution in [-0.2, 0) is 11.3 Å². The number of methoxy groups -OCH3 is 2. The Hall–Kier alpha value is -3.14. The molecule has 144 valence electrons. The van der Waals surface area contributed by atoms with E-state index < -0.39 is 0 Å². The van der Waals surface area contributed by atoms with Crippen LogP contribution in [0.4, 0.5) is 5.82 Å². The molecule has 0 saturated carbocycles. The van der Waals surface area contributed by atoms with Gasteiger partial charge in [-0.1, -0.05) is 0 Å². The summed E-state index contributed by atoms with van der Waals surface area (Å²) < 4.78 is 16.5. The molecule has 0 aliphatic rings. The third-order valence-corrected chi connectivity index (χ3v) is 4.28. The number of benzene rings is 1. The minimum absolute atomic E-state index is 0.0858. The number of aryl methyl sites for hydroxylation is 1. The van der Waals surface area contributed by atoms with E-state index in [1.807, 2.05) is 13.0 Å². The first-order chi connectivity index (χ1) is 13.5. The number of hydrogen-bond acceptors (Lipinski definition) is 8. The monoisotopic (exact) mass is 443 g/mol. The molecule has 8 nitrogen and oxygen atoms in total. The van der Waals surface area contributed by atoms with E-state index in [4.69, 9.17) is 19.5 Å². The zero-order chi connectivity index (χ0) is 20.5. The molecule has 28 heavy (non-hydrogen) atoms. The van der Waals surface area contributed by atoms with Crippen LogP contribution >= 0.6 is 15.9 Å². The molecule has 2 aromatic rings. The van der Waals surface area contributed by atoms with Gasteiger partial charge >= 0.3 is 0 Å². The van der Waals surface area contributed by atoms with Crippen molar-refractivity contribution in [2.24, 2.45) is 5.10 Å². The highest BCUT2D eigenvalue weighted by molar-refractivity contribution is 9.10. The van der Waals surface area contributed by atoms with E-state index in [0.29, 0.717) is 39.5 Å². The Balaban J connectivity index is 2.28. The zero-order valence-electron chi connectivity index (χ0n) is 15.6. The summed E-state index contributed by atoms with van der Waals surface area (Å²) in [4.78, 5) is 4.33. The lowest BCUT2D eigenvalue weighted by atomic mass is 10.1. The second-order valence-electron chi connectivity index (χ2n) is 5.53. The number of hydrazone groups is 1. The van der Waals surface area contributed by atoms with Crippen molar-refractivity contribution in [3.8, 4) is 23.6 Å². The summed E-state index contributed by atoms with van der Waals surface area (Å²) in [6.07, 6.45) is 1.56. The Labute approximate surface area is 171 Å². The summed E-state index contributed by atoms with van der Waals surface area (Å²) in [5.74, 6) is 1.26. The van der Waals surface area contributed by atoms with Gasteiger partial charge in [-0.3, -0.25) is 5.43 Å². The summed E-state index contributed by atoms with van der Waals surface area (Å²) in [6, 6.07) is 9.26. The normalized spacial score (nSPS) is 10.4. The van der Waals surface area contributed by atoms with Gasteiger partial charge in [0.25, 0.3) is 0 Å². The third-order valence-electron chi connectivity index (χ3n) is 3.59. The van der Waals surface area contributed by atoms with Gasteiger partial charge < -0.3 is 14.2 Å². The molecule has 0 radical (unpaired) electrons. The summed E-state index contributed by atoms with van der Waals surface area (Å²) in [5.41, 5.74) is 5.37. The van der Waals surface area contributed by atoms with E-state index in [2.05, 4.69) is 37.5 Å². The van der Waals surface area contributed by atoms with Gasteiger partial charge in [0, 0.05) is 28.4 Å². The topological polar surface area (TPSA) is 113 Å². The van der Waals surface area contributed by atoms with Gasteiger partial charge in [-0.25, -0.2) is 4.98 Å². The van der Waals surface area contributed by atoms with Crippen LogP contribution in [0, 0.1) is 29.6 Å². The van der Waals surface area contributed by atoms with Crippen LogP contribution in [0.15, 0.2) is 27.8 Å². The number of nitrogens with zero attached hydrogens (tertiary/aromatic N) is 4. The molecule has 0 fully saturated rings. The number of hydrogen-bond donors (Lipinski definition) is 1. The maximum atomic E-state index is 9.45. The van der Waals surface area contributed by atoms with Gasteiger partial charge in [-0.05, 0) is 41.1 Å². The quantitative estimate of drug-likeness (QED) is 0.490. The molecule has 0 spiro atoms. The SMILES string of the molecule is COCc1cc(C)nc(N/N=C/c2cc(OC)c(OCC#N)cc2Br)c1C#N. The molecule has 0 bridgehead atoms. The first-order valence-electron chi connectivity index (χ1n) is 8.10. The fraction of sp³-hybridized carbons (Fsp3) is 0.263.